The van der Waals surface area contributed by atoms with Crippen molar-refractivity contribution in [1.29, 1.82) is 0 Å². The van der Waals surface area contributed by atoms with Crippen molar-refractivity contribution in [3.05, 3.63) is 89.6 Å². The van der Waals surface area contributed by atoms with E-state index in [-0.39, 0.29) is 5.78 Å². The zero-order chi connectivity index (χ0) is 20.7. The van der Waals surface area contributed by atoms with Gasteiger partial charge in [0.15, 0.2) is 0 Å². The van der Waals surface area contributed by atoms with Crippen LogP contribution in [0.5, 0.6) is 5.75 Å². The van der Waals surface area contributed by atoms with Crippen molar-refractivity contribution in [1.82, 2.24) is 9.55 Å². The van der Waals surface area contributed by atoms with Crippen LogP contribution in [0.15, 0.2) is 72.8 Å². The molecule has 5 nitrogen and oxygen atoms in total. The van der Waals surface area contributed by atoms with Crippen LogP contribution in [0.4, 0.5) is 5.69 Å². The number of hydrogen-bond acceptors (Lipinski definition) is 4. The fourth-order valence-electron chi connectivity index (χ4n) is 3.96. The molecule has 4 aromatic rings. The van der Waals surface area contributed by atoms with Crippen LogP contribution in [0.25, 0.3) is 22.6 Å². The number of fused-ring (bicyclic) bond motifs is 3. The minimum Gasteiger partial charge on any atom is -0.497 e. The molecule has 0 spiro atoms. The maximum absolute atomic E-state index is 13.6. The number of para-hydroxylation sites is 1. The number of imidazole rings is 1. The Bertz CT molecular complexity index is 1260. The Hall–Kier alpha value is -3.86. The lowest BCUT2D eigenvalue weighted by molar-refractivity contribution is 0.103. The van der Waals surface area contributed by atoms with E-state index in [0.29, 0.717) is 17.9 Å². The number of carbonyl (C=O) groups is 1. The van der Waals surface area contributed by atoms with Crippen molar-refractivity contribution < 1.29 is 9.53 Å². The van der Waals surface area contributed by atoms with Crippen LogP contribution in [0.2, 0.25) is 0 Å². The first kappa shape index (κ1) is 18.2. The highest BCUT2D eigenvalue weighted by molar-refractivity contribution is 6.13. The summed E-state index contributed by atoms with van der Waals surface area (Å²) in [4.78, 5) is 18.4. The van der Waals surface area contributed by atoms with Crippen molar-refractivity contribution in [2.75, 3.05) is 12.4 Å². The summed E-state index contributed by atoms with van der Waals surface area (Å²) in [6, 6.07) is 23.4. The summed E-state index contributed by atoms with van der Waals surface area (Å²) in [5, 5.41) is 3.44. The molecule has 1 N–H and O–H groups in total. The van der Waals surface area contributed by atoms with Gasteiger partial charge in [-0.1, -0.05) is 42.5 Å². The topological polar surface area (TPSA) is 56.1 Å². The highest BCUT2D eigenvalue weighted by Crippen LogP contribution is 2.38. The summed E-state index contributed by atoms with van der Waals surface area (Å²) in [5.74, 6) is 1.48. The third-order valence-electron chi connectivity index (χ3n) is 5.53. The minimum absolute atomic E-state index is 0.0617. The number of ether oxygens (including phenoxy) is 1. The molecule has 30 heavy (non-hydrogen) atoms. The number of anilines is 1. The number of rotatable bonds is 4. The highest BCUT2D eigenvalue weighted by Gasteiger charge is 2.29. The lowest BCUT2D eigenvalue weighted by atomic mass is 9.98. The van der Waals surface area contributed by atoms with Gasteiger partial charge < -0.3 is 14.6 Å². The first-order valence-corrected chi connectivity index (χ1v) is 9.86. The van der Waals surface area contributed by atoms with Gasteiger partial charge in [0.05, 0.1) is 19.5 Å². The van der Waals surface area contributed by atoms with Crippen LogP contribution < -0.4 is 10.1 Å². The molecule has 0 bridgehead atoms. The quantitative estimate of drug-likeness (QED) is 0.486. The van der Waals surface area contributed by atoms with Gasteiger partial charge in [-0.3, -0.25) is 4.79 Å². The second kappa shape index (κ2) is 7.19. The van der Waals surface area contributed by atoms with Crippen LogP contribution >= 0.6 is 0 Å². The van der Waals surface area contributed by atoms with E-state index in [1.807, 2.05) is 79.7 Å². The number of nitrogens with zero attached hydrogens (tertiary/aromatic N) is 2. The molecule has 1 aromatic heterocycles. The molecule has 0 atom stereocenters. The number of ketones is 1. The van der Waals surface area contributed by atoms with Gasteiger partial charge in [0.1, 0.15) is 17.3 Å². The first-order chi connectivity index (χ1) is 14.7. The summed E-state index contributed by atoms with van der Waals surface area (Å²) in [6.45, 7) is 2.50. The van der Waals surface area contributed by atoms with E-state index in [2.05, 4.69) is 9.88 Å². The van der Waals surface area contributed by atoms with Crippen molar-refractivity contribution in [3.8, 4) is 28.4 Å². The average Bonchev–Trinajstić information content (AvgIpc) is 3.19. The SMILES string of the molecule is COc1ccc(-c2nc(C(=O)c3ccccc3C)c3n2CNc2ccccc2-3)cc1. The molecule has 0 radical (unpaired) electrons. The van der Waals surface area contributed by atoms with Crippen LogP contribution in [0, 0.1) is 6.92 Å². The smallest absolute Gasteiger partial charge is 0.213 e. The molecule has 0 saturated carbocycles. The second-order valence-corrected chi connectivity index (χ2v) is 7.31. The van der Waals surface area contributed by atoms with Crippen LogP contribution in [0.3, 0.4) is 0 Å². The van der Waals surface area contributed by atoms with Gasteiger partial charge in [0.2, 0.25) is 5.78 Å². The van der Waals surface area contributed by atoms with Gasteiger partial charge in [-0.05, 0) is 42.8 Å². The fraction of sp³-hybridized carbons (Fsp3) is 0.120. The summed E-state index contributed by atoms with van der Waals surface area (Å²) >= 11 is 0. The predicted molar refractivity (Wildman–Crippen MR) is 118 cm³/mol. The van der Waals surface area contributed by atoms with Gasteiger partial charge in [-0.25, -0.2) is 4.98 Å². The second-order valence-electron chi connectivity index (χ2n) is 7.31. The van der Waals surface area contributed by atoms with E-state index in [0.717, 1.165) is 39.6 Å². The summed E-state index contributed by atoms with van der Waals surface area (Å²) in [6.07, 6.45) is 0. The van der Waals surface area contributed by atoms with Gasteiger partial charge in [0, 0.05) is 22.4 Å². The third-order valence-corrected chi connectivity index (χ3v) is 5.53. The number of hydrogen-bond donors (Lipinski definition) is 1. The third kappa shape index (κ3) is 2.87. The van der Waals surface area contributed by atoms with Crippen molar-refractivity contribution >= 4 is 11.5 Å². The molecule has 3 aromatic carbocycles. The molecule has 5 heteroatoms. The molecule has 148 valence electrons. The van der Waals surface area contributed by atoms with E-state index in [1.54, 1.807) is 7.11 Å². The molecular weight excluding hydrogens is 374 g/mol. The molecule has 0 amide bonds. The fourth-order valence-corrected chi connectivity index (χ4v) is 3.96. The zero-order valence-electron chi connectivity index (χ0n) is 16.8. The Morgan fingerprint density at radius 3 is 2.50 bits per heavy atom. The van der Waals surface area contributed by atoms with Crippen LogP contribution in [-0.4, -0.2) is 22.4 Å². The Morgan fingerprint density at radius 1 is 1.00 bits per heavy atom. The van der Waals surface area contributed by atoms with E-state index >= 15 is 0 Å². The first-order valence-electron chi connectivity index (χ1n) is 9.86. The van der Waals surface area contributed by atoms with Gasteiger partial charge >= 0.3 is 0 Å². The minimum atomic E-state index is -0.0617. The van der Waals surface area contributed by atoms with Crippen molar-refractivity contribution in [2.45, 2.75) is 13.6 Å². The van der Waals surface area contributed by atoms with E-state index < -0.39 is 0 Å². The molecule has 1 aliphatic rings. The lowest BCUT2D eigenvalue weighted by Crippen LogP contribution is -2.17. The number of benzene rings is 3. The number of carbonyl (C=O) groups excluding carboxylic acids is 1. The van der Waals surface area contributed by atoms with Gasteiger partial charge in [-0.2, -0.15) is 0 Å². The molecule has 0 aliphatic carbocycles. The number of aryl methyl sites for hydroxylation is 1. The van der Waals surface area contributed by atoms with E-state index in [4.69, 9.17) is 9.72 Å². The Labute approximate surface area is 175 Å². The van der Waals surface area contributed by atoms with Gasteiger partial charge in [0.25, 0.3) is 0 Å². The largest absolute Gasteiger partial charge is 0.497 e. The number of aromatic nitrogens is 2. The molecule has 5 rings (SSSR count). The monoisotopic (exact) mass is 395 g/mol. The maximum atomic E-state index is 13.6. The van der Waals surface area contributed by atoms with Gasteiger partial charge in [-0.15, -0.1) is 0 Å². The average molecular weight is 395 g/mol. The van der Waals surface area contributed by atoms with E-state index in [1.165, 1.54) is 0 Å². The normalized spacial score (nSPS) is 11.9. The molecule has 0 unspecified atom stereocenters. The van der Waals surface area contributed by atoms with Crippen LogP contribution in [-0.2, 0) is 6.67 Å². The lowest BCUT2D eigenvalue weighted by Gasteiger charge is -2.22. The number of methoxy groups -OCH3 is 1. The highest BCUT2D eigenvalue weighted by atomic mass is 16.5. The summed E-state index contributed by atoms with van der Waals surface area (Å²) < 4.78 is 7.36. The maximum Gasteiger partial charge on any atom is 0.213 e. The predicted octanol–water partition coefficient (Wildman–Crippen LogP) is 5.15. The standard InChI is InChI=1S/C25H21N3O2/c1-16-7-3-4-8-19(16)24(29)22-23-20-9-5-6-10-21(20)26-15-28(23)25(27-22)17-11-13-18(30-2)14-12-17/h3-14,26H,15H2,1-2H3. The Kier molecular flexibility index (Phi) is 4.36. The molecule has 0 fully saturated rings. The molecule has 1 aliphatic heterocycles. The summed E-state index contributed by atoms with van der Waals surface area (Å²) in [7, 11) is 1.65. The van der Waals surface area contributed by atoms with Crippen molar-refractivity contribution in [3.63, 3.8) is 0 Å². The Balaban J connectivity index is 1.74. The summed E-state index contributed by atoms with van der Waals surface area (Å²) in [5.41, 5.74) is 5.86. The molecular formula is C25H21N3O2. The molecule has 0 saturated heterocycles. The molecule has 2 heterocycles. The Morgan fingerprint density at radius 2 is 1.73 bits per heavy atom. The zero-order valence-corrected chi connectivity index (χ0v) is 16.8. The van der Waals surface area contributed by atoms with Crippen LogP contribution in [0.1, 0.15) is 21.6 Å². The van der Waals surface area contributed by atoms with Crippen molar-refractivity contribution in [2.24, 2.45) is 0 Å². The number of nitrogens with one attached hydrogen (secondary N) is 1. The van der Waals surface area contributed by atoms with E-state index in [9.17, 15) is 4.79 Å².